The Morgan fingerprint density at radius 3 is 3.06 bits per heavy atom. The Kier molecular flexibility index (Phi) is 2.97. The molecule has 2 rings (SSSR count). The van der Waals surface area contributed by atoms with E-state index < -0.39 is 0 Å². The number of nitrogens with one attached hydrogen (secondary N) is 1. The minimum absolute atomic E-state index is 0.314. The van der Waals surface area contributed by atoms with Gasteiger partial charge in [0, 0.05) is 20.6 Å². The zero-order valence-electron chi connectivity index (χ0n) is 9.84. The number of amides is 2. The summed E-state index contributed by atoms with van der Waals surface area (Å²) in [6, 6.07) is 5.62. The third-order valence-corrected chi connectivity index (χ3v) is 2.68. The van der Waals surface area contributed by atoms with Crippen LogP contribution in [0.3, 0.4) is 0 Å². The van der Waals surface area contributed by atoms with Gasteiger partial charge < -0.3 is 9.47 Å². The van der Waals surface area contributed by atoms with E-state index in [9.17, 15) is 4.79 Å². The summed E-state index contributed by atoms with van der Waals surface area (Å²) in [5.41, 5.74) is 5.10. The Bertz CT molecular complexity index is 548. The quantitative estimate of drug-likeness (QED) is 0.453. The molecule has 0 bridgehead atoms. The maximum absolute atomic E-state index is 11.3. The Morgan fingerprint density at radius 2 is 2.35 bits per heavy atom. The summed E-state index contributed by atoms with van der Waals surface area (Å²) in [7, 11) is 3.63. The molecule has 0 unspecified atom stereocenters. The number of aryl methyl sites for hydroxylation is 1. The lowest BCUT2D eigenvalue weighted by Crippen LogP contribution is -2.40. The lowest BCUT2D eigenvalue weighted by atomic mass is 10.2. The van der Waals surface area contributed by atoms with Crippen LogP contribution in [0.2, 0.25) is 0 Å². The fourth-order valence-corrected chi connectivity index (χ4v) is 1.74. The van der Waals surface area contributed by atoms with Crippen molar-refractivity contribution in [3.63, 3.8) is 0 Å². The van der Waals surface area contributed by atoms with E-state index in [1.54, 1.807) is 13.4 Å². The van der Waals surface area contributed by atoms with Crippen LogP contribution in [0.25, 0.3) is 11.0 Å². The van der Waals surface area contributed by atoms with Crippen molar-refractivity contribution in [1.29, 1.82) is 0 Å². The average molecular weight is 233 g/mol. The van der Waals surface area contributed by atoms with Gasteiger partial charge in [-0.05, 0) is 17.7 Å². The van der Waals surface area contributed by atoms with E-state index in [0.717, 1.165) is 16.6 Å². The molecule has 0 radical (unpaired) electrons. The second-order valence-corrected chi connectivity index (χ2v) is 3.98. The molecule has 0 saturated carbocycles. The van der Waals surface area contributed by atoms with Crippen LogP contribution in [0, 0.1) is 0 Å². The first-order valence-electron chi connectivity index (χ1n) is 5.23. The minimum Gasteiger partial charge on any atom is -0.334 e. The van der Waals surface area contributed by atoms with Crippen molar-refractivity contribution in [2.75, 3.05) is 7.05 Å². The molecule has 6 nitrogen and oxygen atoms in total. The molecule has 0 atom stereocenters. The first kappa shape index (κ1) is 11.4. The van der Waals surface area contributed by atoms with E-state index in [1.165, 1.54) is 4.90 Å². The highest BCUT2D eigenvalue weighted by Crippen LogP contribution is 2.14. The number of hydrazine groups is 1. The number of aromatic nitrogens is 2. The van der Waals surface area contributed by atoms with Gasteiger partial charge in [0.15, 0.2) is 0 Å². The van der Waals surface area contributed by atoms with E-state index in [1.807, 2.05) is 29.8 Å². The predicted octanol–water partition coefficient (Wildman–Crippen LogP) is 0.588. The SMILES string of the molecule is CN(Cc1ccc2c(c1)ncn2C)C(=O)NN. The van der Waals surface area contributed by atoms with E-state index in [2.05, 4.69) is 10.4 Å². The number of carbonyl (C=O) groups is 1. The van der Waals surface area contributed by atoms with Gasteiger partial charge in [-0.15, -0.1) is 0 Å². The third kappa shape index (κ3) is 2.21. The molecule has 0 aliphatic rings. The molecular formula is C11H15N5O. The number of rotatable bonds is 2. The zero-order chi connectivity index (χ0) is 12.4. The van der Waals surface area contributed by atoms with Crippen molar-refractivity contribution in [3.05, 3.63) is 30.1 Å². The molecule has 0 saturated heterocycles. The minimum atomic E-state index is -0.314. The van der Waals surface area contributed by atoms with Gasteiger partial charge in [0.05, 0.1) is 17.4 Å². The summed E-state index contributed by atoms with van der Waals surface area (Å²) in [6.07, 6.45) is 1.77. The molecule has 0 aliphatic carbocycles. The molecule has 1 heterocycles. The zero-order valence-corrected chi connectivity index (χ0v) is 9.84. The highest BCUT2D eigenvalue weighted by Gasteiger charge is 2.08. The number of nitrogens with two attached hydrogens (primary N) is 1. The van der Waals surface area contributed by atoms with Crippen molar-refractivity contribution in [3.8, 4) is 0 Å². The van der Waals surface area contributed by atoms with E-state index in [0.29, 0.717) is 6.54 Å². The summed E-state index contributed by atoms with van der Waals surface area (Å²) in [4.78, 5) is 17.0. The Balaban J connectivity index is 2.22. The van der Waals surface area contributed by atoms with E-state index in [4.69, 9.17) is 5.84 Å². The fourth-order valence-electron chi connectivity index (χ4n) is 1.74. The van der Waals surface area contributed by atoms with Gasteiger partial charge >= 0.3 is 6.03 Å². The van der Waals surface area contributed by atoms with Gasteiger partial charge in [-0.25, -0.2) is 15.6 Å². The molecule has 0 spiro atoms. The predicted molar refractivity (Wildman–Crippen MR) is 64.9 cm³/mol. The molecule has 3 N–H and O–H groups in total. The van der Waals surface area contributed by atoms with Crippen LogP contribution < -0.4 is 11.3 Å². The van der Waals surface area contributed by atoms with Crippen LogP contribution in [0.15, 0.2) is 24.5 Å². The third-order valence-electron chi connectivity index (χ3n) is 2.68. The summed E-state index contributed by atoms with van der Waals surface area (Å²) in [6.45, 7) is 0.496. The first-order chi connectivity index (χ1) is 8.11. The molecule has 17 heavy (non-hydrogen) atoms. The van der Waals surface area contributed by atoms with Crippen molar-refractivity contribution >= 4 is 17.1 Å². The standard InChI is InChI=1S/C11H15N5O/c1-15(11(17)14-12)6-8-3-4-10-9(5-8)13-7-16(10)2/h3-5,7H,6,12H2,1-2H3,(H,14,17). The Hall–Kier alpha value is -2.08. The van der Waals surface area contributed by atoms with Crippen molar-refractivity contribution in [1.82, 2.24) is 19.9 Å². The average Bonchev–Trinajstić information content (AvgIpc) is 2.69. The molecule has 1 aromatic carbocycles. The van der Waals surface area contributed by atoms with E-state index in [-0.39, 0.29) is 6.03 Å². The van der Waals surface area contributed by atoms with Crippen LogP contribution in [0.1, 0.15) is 5.56 Å². The number of fused-ring (bicyclic) bond motifs is 1. The monoisotopic (exact) mass is 233 g/mol. The van der Waals surface area contributed by atoms with Crippen LogP contribution in [0.5, 0.6) is 0 Å². The molecule has 90 valence electrons. The molecule has 2 amide bonds. The van der Waals surface area contributed by atoms with Crippen molar-refractivity contribution in [2.24, 2.45) is 12.9 Å². The first-order valence-corrected chi connectivity index (χ1v) is 5.23. The van der Waals surface area contributed by atoms with Gasteiger partial charge in [-0.1, -0.05) is 6.07 Å². The molecule has 2 aromatic rings. The van der Waals surface area contributed by atoms with Crippen LogP contribution >= 0.6 is 0 Å². The van der Waals surface area contributed by atoms with Crippen molar-refractivity contribution in [2.45, 2.75) is 6.54 Å². The second kappa shape index (κ2) is 4.42. The number of benzene rings is 1. The topological polar surface area (TPSA) is 76.2 Å². The second-order valence-electron chi connectivity index (χ2n) is 3.98. The van der Waals surface area contributed by atoms with Gasteiger partial charge in [-0.3, -0.25) is 5.43 Å². The number of hydrogen-bond donors (Lipinski definition) is 2. The molecule has 0 aliphatic heterocycles. The number of urea groups is 1. The van der Waals surface area contributed by atoms with Gasteiger partial charge in [0.2, 0.25) is 0 Å². The van der Waals surface area contributed by atoms with Crippen molar-refractivity contribution < 1.29 is 4.79 Å². The number of hydrogen-bond acceptors (Lipinski definition) is 3. The maximum atomic E-state index is 11.3. The highest BCUT2D eigenvalue weighted by molar-refractivity contribution is 5.76. The maximum Gasteiger partial charge on any atom is 0.331 e. The van der Waals surface area contributed by atoms with Gasteiger partial charge in [-0.2, -0.15) is 0 Å². The number of nitrogens with zero attached hydrogens (tertiary/aromatic N) is 3. The highest BCUT2D eigenvalue weighted by atomic mass is 16.2. The largest absolute Gasteiger partial charge is 0.334 e. The summed E-state index contributed by atoms with van der Waals surface area (Å²) in [5, 5.41) is 0. The number of imidazole rings is 1. The normalized spacial score (nSPS) is 10.5. The molecular weight excluding hydrogens is 218 g/mol. The number of carbonyl (C=O) groups excluding carboxylic acids is 1. The summed E-state index contributed by atoms with van der Waals surface area (Å²) < 4.78 is 1.95. The Morgan fingerprint density at radius 1 is 1.59 bits per heavy atom. The van der Waals surface area contributed by atoms with Crippen LogP contribution in [-0.2, 0) is 13.6 Å². The van der Waals surface area contributed by atoms with E-state index >= 15 is 0 Å². The summed E-state index contributed by atoms with van der Waals surface area (Å²) in [5.74, 6) is 5.06. The summed E-state index contributed by atoms with van der Waals surface area (Å²) >= 11 is 0. The van der Waals surface area contributed by atoms with Gasteiger partial charge in [0.25, 0.3) is 0 Å². The molecule has 1 aromatic heterocycles. The van der Waals surface area contributed by atoms with Crippen LogP contribution in [-0.4, -0.2) is 27.5 Å². The Labute approximate surface area is 99.0 Å². The smallest absolute Gasteiger partial charge is 0.331 e. The lowest BCUT2D eigenvalue weighted by molar-refractivity contribution is 0.207. The molecule has 6 heteroatoms. The fraction of sp³-hybridized carbons (Fsp3) is 0.273. The molecule has 0 fully saturated rings. The van der Waals surface area contributed by atoms with Gasteiger partial charge in [0.1, 0.15) is 0 Å². The lowest BCUT2D eigenvalue weighted by Gasteiger charge is -2.16. The van der Waals surface area contributed by atoms with Crippen LogP contribution in [0.4, 0.5) is 4.79 Å².